The second-order valence-electron chi connectivity index (χ2n) is 7.90. The Bertz CT molecular complexity index is 761. The lowest BCUT2D eigenvalue weighted by molar-refractivity contribution is -0.136. The number of fused-ring (bicyclic) bond motifs is 1. The van der Waals surface area contributed by atoms with E-state index in [0.29, 0.717) is 30.7 Å². The molecule has 1 atom stereocenters. The van der Waals surface area contributed by atoms with Gasteiger partial charge in [-0.15, -0.1) is 0 Å². The summed E-state index contributed by atoms with van der Waals surface area (Å²) in [5.74, 6) is 0.0582. The minimum absolute atomic E-state index is 0.0167. The second-order valence-corrected chi connectivity index (χ2v) is 7.90. The van der Waals surface area contributed by atoms with E-state index in [2.05, 4.69) is 10.6 Å². The second kappa shape index (κ2) is 7.21. The molecule has 1 spiro atoms. The third-order valence-electron chi connectivity index (χ3n) is 5.36. The first-order valence-corrected chi connectivity index (χ1v) is 9.43. The van der Waals surface area contributed by atoms with E-state index in [-0.39, 0.29) is 36.2 Å². The minimum Gasteiger partial charge on any atom is -0.467 e. The topological polar surface area (TPSA) is 87.7 Å². The maximum Gasteiger partial charge on any atom is 0.258 e. The number of nitrogens with one attached hydrogen (secondary N) is 2. The van der Waals surface area contributed by atoms with E-state index in [1.807, 2.05) is 26.8 Å². The highest BCUT2D eigenvalue weighted by atomic mass is 16.5. The fourth-order valence-corrected chi connectivity index (χ4v) is 3.36. The van der Waals surface area contributed by atoms with E-state index < -0.39 is 5.72 Å². The van der Waals surface area contributed by atoms with Crippen molar-refractivity contribution in [1.29, 1.82) is 0 Å². The van der Waals surface area contributed by atoms with Gasteiger partial charge in [-0.25, -0.2) is 0 Å². The molecule has 1 aromatic rings. The number of carbonyl (C=O) groups excluding carboxylic acids is 3. The van der Waals surface area contributed by atoms with Gasteiger partial charge in [0, 0.05) is 31.3 Å². The van der Waals surface area contributed by atoms with Gasteiger partial charge < -0.3 is 20.3 Å². The Kier molecular flexibility index (Phi) is 5.13. The molecular weight excluding hydrogens is 346 g/mol. The third kappa shape index (κ3) is 4.23. The quantitative estimate of drug-likeness (QED) is 0.843. The van der Waals surface area contributed by atoms with Gasteiger partial charge in [0.15, 0.2) is 5.72 Å². The molecule has 2 aliphatic heterocycles. The van der Waals surface area contributed by atoms with E-state index in [1.165, 1.54) is 0 Å². The standard InChI is InChI=1S/C20H27N3O4/c1-4-19(2,3)21-16(24)13-23-12-11-20(10-9-17(23)25)22-18(26)14-7-5-6-8-15(14)27-20/h5-8H,4,9-13H2,1-3H3,(H,21,24)(H,22,26)/t20-/m0/s1. The highest BCUT2D eigenvalue weighted by Gasteiger charge is 2.42. The number of hydrogen-bond donors (Lipinski definition) is 2. The van der Waals surface area contributed by atoms with Crippen molar-refractivity contribution in [2.24, 2.45) is 0 Å². The van der Waals surface area contributed by atoms with Crippen LogP contribution in [-0.2, 0) is 9.59 Å². The molecular formula is C20H27N3O4. The highest BCUT2D eigenvalue weighted by molar-refractivity contribution is 5.98. The molecule has 3 amide bonds. The number of para-hydroxylation sites is 1. The van der Waals surface area contributed by atoms with Crippen LogP contribution in [0.2, 0.25) is 0 Å². The zero-order chi connectivity index (χ0) is 19.7. The Morgan fingerprint density at radius 2 is 2.04 bits per heavy atom. The smallest absolute Gasteiger partial charge is 0.258 e. The van der Waals surface area contributed by atoms with E-state index in [4.69, 9.17) is 4.74 Å². The zero-order valence-corrected chi connectivity index (χ0v) is 16.1. The summed E-state index contributed by atoms with van der Waals surface area (Å²) in [6.45, 7) is 6.27. The van der Waals surface area contributed by atoms with Crippen molar-refractivity contribution < 1.29 is 19.1 Å². The lowest BCUT2D eigenvalue weighted by atomic mass is 10.0. The molecule has 0 saturated carbocycles. The van der Waals surface area contributed by atoms with Gasteiger partial charge in [0.2, 0.25) is 11.8 Å². The van der Waals surface area contributed by atoms with Crippen molar-refractivity contribution in [2.75, 3.05) is 13.1 Å². The van der Waals surface area contributed by atoms with Crippen LogP contribution in [0.1, 0.15) is 56.8 Å². The number of benzene rings is 1. The predicted octanol–water partition coefficient (Wildman–Crippen LogP) is 1.82. The number of rotatable bonds is 4. The van der Waals surface area contributed by atoms with Gasteiger partial charge in [-0.2, -0.15) is 0 Å². The van der Waals surface area contributed by atoms with Gasteiger partial charge in [0.1, 0.15) is 5.75 Å². The molecule has 3 rings (SSSR count). The Hall–Kier alpha value is -2.57. The van der Waals surface area contributed by atoms with E-state index in [1.54, 1.807) is 23.1 Å². The van der Waals surface area contributed by atoms with Crippen LogP contribution in [0.4, 0.5) is 0 Å². The van der Waals surface area contributed by atoms with Gasteiger partial charge in [-0.05, 0) is 32.4 Å². The lowest BCUT2D eigenvalue weighted by Gasteiger charge is -2.38. The van der Waals surface area contributed by atoms with Crippen LogP contribution >= 0.6 is 0 Å². The van der Waals surface area contributed by atoms with Crippen LogP contribution in [0.3, 0.4) is 0 Å². The number of carbonyl (C=O) groups is 3. The molecule has 2 aliphatic rings. The summed E-state index contributed by atoms with van der Waals surface area (Å²) in [4.78, 5) is 38.8. The van der Waals surface area contributed by atoms with Crippen molar-refractivity contribution in [2.45, 2.75) is 57.7 Å². The summed E-state index contributed by atoms with van der Waals surface area (Å²) in [5, 5.41) is 5.88. The fourth-order valence-electron chi connectivity index (χ4n) is 3.36. The molecule has 0 aromatic heterocycles. The van der Waals surface area contributed by atoms with Gasteiger partial charge in [0.05, 0.1) is 12.1 Å². The van der Waals surface area contributed by atoms with Crippen LogP contribution < -0.4 is 15.4 Å². The predicted molar refractivity (Wildman–Crippen MR) is 100 cm³/mol. The van der Waals surface area contributed by atoms with E-state index in [9.17, 15) is 14.4 Å². The molecule has 0 aliphatic carbocycles. The van der Waals surface area contributed by atoms with Gasteiger partial charge in [0.25, 0.3) is 5.91 Å². The SMILES string of the molecule is CCC(C)(C)NC(=O)CN1CC[C@@]2(CCC1=O)NC(=O)c1ccccc1O2. The molecule has 0 bridgehead atoms. The Balaban J connectivity index is 1.69. The molecule has 27 heavy (non-hydrogen) atoms. The summed E-state index contributed by atoms with van der Waals surface area (Å²) in [5.41, 5.74) is -0.719. The molecule has 7 nitrogen and oxygen atoms in total. The molecule has 0 unspecified atom stereocenters. The van der Waals surface area contributed by atoms with Gasteiger partial charge >= 0.3 is 0 Å². The molecule has 1 aromatic carbocycles. The van der Waals surface area contributed by atoms with Crippen LogP contribution in [0, 0.1) is 0 Å². The maximum absolute atomic E-state index is 12.5. The summed E-state index contributed by atoms with van der Waals surface area (Å²) in [6, 6.07) is 7.08. The first-order chi connectivity index (χ1) is 12.7. The Morgan fingerprint density at radius 3 is 2.78 bits per heavy atom. The monoisotopic (exact) mass is 373 g/mol. The number of nitrogens with zero attached hydrogens (tertiary/aromatic N) is 1. The number of hydrogen-bond acceptors (Lipinski definition) is 4. The van der Waals surface area contributed by atoms with Gasteiger partial charge in [-0.1, -0.05) is 19.1 Å². The van der Waals surface area contributed by atoms with Gasteiger partial charge in [-0.3, -0.25) is 14.4 Å². The zero-order valence-electron chi connectivity index (χ0n) is 16.1. The number of ether oxygens (including phenoxy) is 1. The number of likely N-dealkylation sites (tertiary alicyclic amines) is 1. The van der Waals surface area contributed by atoms with E-state index >= 15 is 0 Å². The Labute approximate surface area is 159 Å². The van der Waals surface area contributed by atoms with Crippen LogP contribution in [-0.4, -0.2) is 47.0 Å². The molecule has 0 radical (unpaired) electrons. The van der Waals surface area contributed by atoms with Crippen LogP contribution in [0.15, 0.2) is 24.3 Å². The van der Waals surface area contributed by atoms with Crippen molar-refractivity contribution in [1.82, 2.24) is 15.5 Å². The molecule has 7 heteroatoms. The Morgan fingerprint density at radius 1 is 1.30 bits per heavy atom. The van der Waals surface area contributed by atoms with E-state index in [0.717, 1.165) is 6.42 Å². The van der Waals surface area contributed by atoms with Crippen LogP contribution in [0.25, 0.3) is 0 Å². The first kappa shape index (κ1) is 19.2. The van der Waals surface area contributed by atoms with Crippen molar-refractivity contribution in [3.8, 4) is 5.75 Å². The lowest BCUT2D eigenvalue weighted by Crippen LogP contribution is -2.56. The first-order valence-electron chi connectivity index (χ1n) is 9.43. The van der Waals surface area contributed by atoms with Crippen molar-refractivity contribution in [3.05, 3.63) is 29.8 Å². The average molecular weight is 373 g/mol. The molecule has 2 N–H and O–H groups in total. The summed E-state index contributed by atoms with van der Waals surface area (Å²) >= 11 is 0. The summed E-state index contributed by atoms with van der Waals surface area (Å²) in [6.07, 6.45) is 1.83. The van der Waals surface area contributed by atoms with Crippen LogP contribution in [0.5, 0.6) is 5.75 Å². The molecule has 2 heterocycles. The largest absolute Gasteiger partial charge is 0.467 e. The van der Waals surface area contributed by atoms with Crippen molar-refractivity contribution >= 4 is 17.7 Å². The average Bonchev–Trinajstić information content (AvgIpc) is 2.76. The molecule has 146 valence electrons. The minimum atomic E-state index is -0.908. The molecule has 1 saturated heterocycles. The third-order valence-corrected chi connectivity index (χ3v) is 5.36. The maximum atomic E-state index is 12.5. The highest BCUT2D eigenvalue weighted by Crippen LogP contribution is 2.33. The fraction of sp³-hybridized carbons (Fsp3) is 0.550. The summed E-state index contributed by atoms with van der Waals surface area (Å²) in [7, 11) is 0. The normalized spacial score (nSPS) is 22.6. The molecule has 1 fully saturated rings. The summed E-state index contributed by atoms with van der Waals surface area (Å²) < 4.78 is 6.10. The number of amides is 3. The van der Waals surface area contributed by atoms with Crippen molar-refractivity contribution in [3.63, 3.8) is 0 Å².